The van der Waals surface area contributed by atoms with E-state index in [2.05, 4.69) is 10.6 Å². The van der Waals surface area contributed by atoms with Crippen LogP contribution in [0.15, 0.2) is 88.7 Å². The van der Waals surface area contributed by atoms with E-state index in [1.54, 1.807) is 49.5 Å². The summed E-state index contributed by atoms with van der Waals surface area (Å²) in [5, 5.41) is 28.8. The van der Waals surface area contributed by atoms with Crippen molar-refractivity contribution >= 4 is 17.7 Å². The van der Waals surface area contributed by atoms with Crippen LogP contribution in [0.25, 0.3) is 16.8 Å². The Hall–Kier alpha value is -3.12. The molecule has 0 radical (unpaired) electrons. The number of carbonyl (C=O) groups is 2. The molecule has 10 nitrogen and oxygen atoms in total. The third kappa shape index (κ3) is 8.00. The zero-order valence-corrected chi connectivity index (χ0v) is 27.3. The van der Waals surface area contributed by atoms with Gasteiger partial charge < -0.3 is 30.2 Å². The molecule has 2 aromatic heterocycles. The van der Waals surface area contributed by atoms with Gasteiger partial charge >= 0.3 is 65.1 Å². The predicted octanol–water partition coefficient (Wildman–Crippen LogP) is -3.92. The number of aryl methyl sites for hydroxylation is 2. The number of anilines is 1. The first-order valence-electron chi connectivity index (χ1n) is 12.3. The summed E-state index contributed by atoms with van der Waals surface area (Å²) in [6.07, 6.45) is 2.41. The van der Waals surface area contributed by atoms with Crippen LogP contribution in [0.1, 0.15) is 30.5 Å². The van der Waals surface area contributed by atoms with Crippen LogP contribution in [0.3, 0.4) is 0 Å². The Bertz CT molecular complexity index is 1650. The van der Waals surface area contributed by atoms with E-state index in [-0.39, 0.29) is 70.2 Å². The molecule has 12 heteroatoms. The van der Waals surface area contributed by atoms with Gasteiger partial charge in [0.2, 0.25) is 0 Å². The monoisotopic (exact) mass is 572 g/mol. The van der Waals surface area contributed by atoms with Gasteiger partial charge in [0.15, 0.2) is 0 Å². The van der Waals surface area contributed by atoms with Gasteiger partial charge in [0.05, 0.1) is 6.04 Å². The molecule has 1 unspecified atom stereocenters. The fourth-order valence-corrected chi connectivity index (χ4v) is 4.29. The number of rotatable bonds is 8. The topological polar surface area (TPSA) is 148 Å². The minimum atomic E-state index is -1.43. The number of nitrogens with zero attached hydrogens (tertiary/aromatic N) is 2. The Kier molecular flexibility index (Phi) is 12.6. The summed E-state index contributed by atoms with van der Waals surface area (Å²) in [5.41, 5.74) is 0.952. The number of carboxylic acid groups (broad SMARTS) is 1. The van der Waals surface area contributed by atoms with E-state index in [9.17, 15) is 29.4 Å². The van der Waals surface area contributed by atoms with Gasteiger partial charge in [-0.15, -0.1) is 0 Å². The normalized spacial score (nSPS) is 11.0. The summed E-state index contributed by atoms with van der Waals surface area (Å²) in [6, 6.07) is 17.1. The third-order valence-electron chi connectivity index (χ3n) is 6.25. The van der Waals surface area contributed by atoms with Crippen LogP contribution < -0.4 is 91.1 Å². The maximum absolute atomic E-state index is 13.3. The average molecular weight is 573 g/mol. The summed E-state index contributed by atoms with van der Waals surface area (Å²) in [6.45, 7) is 3.54. The van der Waals surface area contributed by atoms with Gasteiger partial charge in [0.25, 0.3) is 11.1 Å². The summed E-state index contributed by atoms with van der Waals surface area (Å²) in [4.78, 5) is 50.2. The minimum Gasteiger partial charge on any atom is -0.871 e. The molecule has 0 spiro atoms. The van der Waals surface area contributed by atoms with E-state index in [0.29, 0.717) is 23.4 Å². The van der Waals surface area contributed by atoms with Crippen molar-refractivity contribution in [1.82, 2.24) is 14.5 Å². The maximum Gasteiger partial charge on any atom is 1.00 e. The zero-order chi connectivity index (χ0) is 28.1. The molecule has 0 fully saturated rings. The van der Waals surface area contributed by atoms with Crippen LogP contribution in [-0.4, -0.2) is 21.1 Å². The Labute approximate surface area is 280 Å². The zero-order valence-electron chi connectivity index (χ0n) is 23.3. The summed E-state index contributed by atoms with van der Waals surface area (Å²) >= 11 is 0. The molecule has 0 aliphatic rings. The quantitative estimate of drug-likeness (QED) is 0.206. The number of pyridine rings is 2. The van der Waals surface area contributed by atoms with E-state index in [4.69, 9.17) is 0 Å². The second kappa shape index (κ2) is 15.2. The number of aromatic nitrogens is 2. The molecular formula is C29H26N4Na2O6. The molecule has 0 aliphatic heterocycles. The smallest absolute Gasteiger partial charge is 0.871 e. The number of urea groups is 1. The van der Waals surface area contributed by atoms with Crippen LogP contribution in [0, 0.1) is 6.92 Å². The first kappa shape index (κ1) is 34.1. The second-order valence-electron chi connectivity index (χ2n) is 8.89. The molecule has 4 rings (SSSR count). The average Bonchev–Trinajstić information content (AvgIpc) is 2.93. The summed E-state index contributed by atoms with van der Waals surface area (Å²) < 4.78 is 2.71. The Morgan fingerprint density at radius 2 is 1.66 bits per heavy atom. The van der Waals surface area contributed by atoms with Crippen LogP contribution >= 0.6 is 0 Å². The molecule has 2 aromatic carbocycles. The number of nitrogens with one attached hydrogen (secondary N) is 2. The van der Waals surface area contributed by atoms with E-state index < -0.39 is 41.5 Å². The summed E-state index contributed by atoms with van der Waals surface area (Å²) in [7, 11) is 0. The van der Waals surface area contributed by atoms with Crippen molar-refractivity contribution in [2.24, 2.45) is 0 Å². The number of hydrogen-bond donors (Lipinski definition) is 2. The van der Waals surface area contributed by atoms with Crippen LogP contribution in [0.2, 0.25) is 0 Å². The first-order valence-corrected chi connectivity index (χ1v) is 12.3. The number of carbonyl (C=O) groups excluding carboxylic acids is 2. The van der Waals surface area contributed by atoms with E-state index in [1.807, 2.05) is 30.3 Å². The molecule has 2 N–H and O–H groups in total. The van der Waals surface area contributed by atoms with Gasteiger partial charge in [-0.25, -0.2) is 4.79 Å². The van der Waals surface area contributed by atoms with Gasteiger partial charge in [-0.05, 0) is 54.8 Å². The number of amides is 2. The molecule has 200 valence electrons. The van der Waals surface area contributed by atoms with Crippen molar-refractivity contribution in [3.05, 3.63) is 111 Å². The molecule has 41 heavy (non-hydrogen) atoms. The molecule has 2 amide bonds. The number of aliphatic carboxylic acids is 1. The fraction of sp³-hybridized carbons (Fsp3) is 0.172. The third-order valence-corrected chi connectivity index (χ3v) is 6.25. The molecule has 0 saturated heterocycles. The van der Waals surface area contributed by atoms with Crippen LogP contribution in [-0.2, 0) is 11.3 Å². The van der Waals surface area contributed by atoms with Crippen molar-refractivity contribution in [2.45, 2.75) is 32.9 Å². The van der Waals surface area contributed by atoms with Crippen molar-refractivity contribution in [2.75, 3.05) is 5.32 Å². The summed E-state index contributed by atoms with van der Waals surface area (Å²) in [5.74, 6) is -2.06. The van der Waals surface area contributed by atoms with Gasteiger partial charge in [-0.2, -0.15) is 0 Å². The van der Waals surface area contributed by atoms with E-state index >= 15 is 0 Å². The van der Waals surface area contributed by atoms with Crippen LogP contribution in [0.5, 0.6) is 5.75 Å². The predicted molar refractivity (Wildman–Crippen MR) is 143 cm³/mol. The standard InChI is InChI=1S/C29H28N4O6.2Na/c1-3-32-17-18(2)26(36)25(28(32)38)31-29(39)30-23(16-24(34)35)20-11-7-12-21(15-20)33-14-8-13-22(27(33)37)19-9-5-4-6-10-19;;/h4-15,17,23,36H,3,16H2,1-2H3,(H,34,35)(H2,30,31,39);;/q;2*+1/p-2. The van der Waals surface area contributed by atoms with Crippen LogP contribution in [0.4, 0.5) is 10.5 Å². The first-order chi connectivity index (χ1) is 18.7. The van der Waals surface area contributed by atoms with E-state index in [0.717, 1.165) is 5.56 Å². The largest absolute Gasteiger partial charge is 1.00 e. The SMILES string of the molecule is CCn1cc(C)c([O-])c(NC(=O)NC(CC(=O)[O-])c2cccc(-n3cccc(-c4ccccc4)c3=O)c2)c1=O.[Na+].[Na+]. The van der Waals surface area contributed by atoms with Gasteiger partial charge in [0.1, 0.15) is 5.69 Å². The Balaban J connectivity index is 0.00000294. The Morgan fingerprint density at radius 1 is 0.951 bits per heavy atom. The fourth-order valence-electron chi connectivity index (χ4n) is 4.29. The van der Waals surface area contributed by atoms with Gasteiger partial charge in [0, 0.05) is 42.6 Å². The van der Waals surface area contributed by atoms with Crippen molar-refractivity contribution in [1.29, 1.82) is 0 Å². The second-order valence-corrected chi connectivity index (χ2v) is 8.89. The molecule has 0 aliphatic carbocycles. The molecule has 0 bridgehead atoms. The van der Waals surface area contributed by atoms with Gasteiger partial charge in [-0.1, -0.05) is 48.2 Å². The number of carboxylic acids is 1. The van der Waals surface area contributed by atoms with Crippen molar-refractivity contribution in [3.63, 3.8) is 0 Å². The molecule has 2 heterocycles. The number of hydrogen-bond acceptors (Lipinski definition) is 6. The maximum atomic E-state index is 13.3. The molecule has 0 saturated carbocycles. The Morgan fingerprint density at radius 3 is 2.32 bits per heavy atom. The molecular weight excluding hydrogens is 546 g/mol. The van der Waals surface area contributed by atoms with Crippen molar-refractivity contribution < 1.29 is 78.9 Å². The minimum absolute atomic E-state index is 0. The molecule has 4 aromatic rings. The van der Waals surface area contributed by atoms with E-state index in [1.165, 1.54) is 22.3 Å². The number of benzene rings is 2. The molecule has 1 atom stereocenters. The van der Waals surface area contributed by atoms with Crippen molar-refractivity contribution in [3.8, 4) is 22.6 Å². The van der Waals surface area contributed by atoms with Gasteiger partial charge in [-0.3, -0.25) is 14.2 Å².